The Balaban J connectivity index is 1.26. The number of unbranched alkanes of at least 4 members (excludes halogenated alkanes) is 16. The van der Waals surface area contributed by atoms with Crippen molar-refractivity contribution in [1.29, 1.82) is 0 Å². The van der Waals surface area contributed by atoms with Crippen molar-refractivity contribution in [2.24, 2.45) is 5.41 Å². The van der Waals surface area contributed by atoms with Crippen LogP contribution in [0.1, 0.15) is 155 Å². The van der Waals surface area contributed by atoms with Gasteiger partial charge in [0.1, 0.15) is 36.3 Å². The number of nitrogens with two attached hydrogens (primary N) is 1. The molecule has 0 aromatic carbocycles. The minimum atomic E-state index is -5.59. The number of carbonyl (C=O) groups excluding carboxylic acids is 3. The molecule has 72 heavy (non-hydrogen) atoms. The summed E-state index contributed by atoms with van der Waals surface area (Å²) in [5, 5.41) is 36.7. The largest absolute Gasteiger partial charge is 0.481 e. The van der Waals surface area contributed by atoms with Crippen LogP contribution < -0.4 is 16.4 Å². The van der Waals surface area contributed by atoms with Gasteiger partial charge in [0.05, 0.1) is 25.6 Å². The molecule has 25 nitrogen and oxygen atoms in total. The molecular weight excluding hydrogens is 1030 g/mol. The Kier molecular flexibility index (Phi) is 28.5. The van der Waals surface area contributed by atoms with E-state index in [0.717, 1.165) is 48.2 Å². The molecule has 0 aliphatic carbocycles. The molecule has 0 bridgehead atoms. The van der Waals surface area contributed by atoms with Crippen molar-refractivity contribution in [3.8, 4) is 0 Å². The summed E-state index contributed by atoms with van der Waals surface area (Å²) < 4.78 is 62.5. The molecule has 1 aliphatic rings. The Morgan fingerprint density at radius 3 is 1.99 bits per heavy atom. The second-order valence-corrected chi connectivity index (χ2v) is 24.0. The fourth-order valence-corrected chi connectivity index (χ4v) is 11.3. The topological polar surface area (TPSA) is 384 Å². The van der Waals surface area contributed by atoms with Crippen molar-refractivity contribution < 1.29 is 85.6 Å². The second-order valence-electron chi connectivity index (χ2n) is 18.6. The van der Waals surface area contributed by atoms with E-state index in [4.69, 9.17) is 19.5 Å². The Bertz CT molecular complexity index is 2100. The van der Waals surface area contributed by atoms with Crippen molar-refractivity contribution in [3.63, 3.8) is 0 Å². The lowest BCUT2D eigenvalue weighted by molar-refractivity contribution is -0.137. The predicted octanol–water partition coefficient (Wildman–Crippen LogP) is 5.46. The van der Waals surface area contributed by atoms with Crippen molar-refractivity contribution >= 4 is 69.1 Å². The van der Waals surface area contributed by atoms with E-state index in [1.165, 1.54) is 104 Å². The quantitative estimate of drug-likeness (QED) is 0.0293. The number of nitrogen functional groups attached to an aromatic ring is 1. The number of hydrogen-bond donors (Lipinski definition) is 10. The minimum Gasteiger partial charge on any atom is -0.393 e. The number of imidazole rings is 1. The smallest absolute Gasteiger partial charge is 0.393 e. The maximum atomic E-state index is 12.8. The molecule has 2 amide bonds. The summed E-state index contributed by atoms with van der Waals surface area (Å²) in [5.74, 6) is -1.21. The molecule has 414 valence electrons. The highest BCUT2D eigenvalue weighted by Gasteiger charge is 2.50. The Morgan fingerprint density at radius 2 is 1.40 bits per heavy atom. The van der Waals surface area contributed by atoms with E-state index < -0.39 is 90.7 Å². The minimum absolute atomic E-state index is 0.0271. The van der Waals surface area contributed by atoms with Crippen LogP contribution in [-0.4, -0.2) is 134 Å². The fraction of sp³-hybridized carbons (Fsp3) is 0.814. The summed E-state index contributed by atoms with van der Waals surface area (Å²) in [7, 11) is -16.4. The number of aromatic nitrogens is 4. The third kappa shape index (κ3) is 24.5. The molecule has 2 unspecified atom stereocenters. The van der Waals surface area contributed by atoms with Gasteiger partial charge in [0.15, 0.2) is 22.8 Å². The van der Waals surface area contributed by atoms with Gasteiger partial charge in [-0.2, -0.15) is 4.31 Å². The normalized spacial score (nSPS) is 20.0. The van der Waals surface area contributed by atoms with Crippen LogP contribution in [0.2, 0.25) is 0 Å². The number of nitrogens with zero attached hydrogens (tertiary/aromatic N) is 4. The van der Waals surface area contributed by atoms with Gasteiger partial charge < -0.3 is 56.0 Å². The Labute approximate surface area is 425 Å². The van der Waals surface area contributed by atoms with E-state index in [1.54, 1.807) is 0 Å². The van der Waals surface area contributed by atoms with Gasteiger partial charge in [0, 0.05) is 37.1 Å². The number of phosphoric ester groups is 3. The van der Waals surface area contributed by atoms with E-state index >= 15 is 0 Å². The van der Waals surface area contributed by atoms with Crippen LogP contribution in [0.25, 0.3) is 11.2 Å². The molecule has 29 heteroatoms. The maximum absolute atomic E-state index is 12.8. The van der Waals surface area contributed by atoms with Gasteiger partial charge in [-0.25, -0.2) is 28.6 Å². The standard InChI is InChI=1S/C43H78N7O18P3S/c1-4-5-6-7-8-9-10-11-12-13-14-15-16-17-18-19-20-21-31(51)26-34(53)72-25-24-45-33(52)22-23-46-41(56)38(55)43(2,3)28-65-71(62,63)68-70(60,61)64-27-32-37(67-69(57,58)59)36(54)42(66-32)50-30-49-35-39(44)47-29-48-40(35)50/h29-32,36-38,42,51,54-55H,4-28H2,1-3H3,(H,45,52)(H,46,56)(H,60,61)(H,62,63)(H2,44,47,48)(H2,57,58,59)/t31-,32-,36-,37-,38+,42-/m1/s1. The number of carbonyl (C=O) groups is 3. The van der Waals surface area contributed by atoms with Gasteiger partial charge in [-0.15, -0.1) is 0 Å². The number of ether oxygens (including phenoxy) is 1. The third-order valence-electron chi connectivity index (χ3n) is 11.8. The van der Waals surface area contributed by atoms with E-state index in [0.29, 0.717) is 6.42 Å². The number of aliphatic hydroxyl groups is 3. The Morgan fingerprint density at radius 1 is 0.833 bits per heavy atom. The number of rotatable bonds is 39. The first kappa shape index (κ1) is 63.8. The zero-order valence-corrected chi connectivity index (χ0v) is 45.0. The van der Waals surface area contributed by atoms with E-state index in [1.807, 2.05) is 0 Å². The van der Waals surface area contributed by atoms with Gasteiger partial charge in [0.25, 0.3) is 0 Å². The van der Waals surface area contributed by atoms with Crippen molar-refractivity contribution in [2.75, 3.05) is 37.8 Å². The summed E-state index contributed by atoms with van der Waals surface area (Å²) in [6.07, 6.45) is 14.5. The number of phosphoric acid groups is 3. The first-order valence-electron chi connectivity index (χ1n) is 24.7. The molecule has 3 heterocycles. The summed E-state index contributed by atoms with van der Waals surface area (Å²) in [4.78, 5) is 88.6. The summed E-state index contributed by atoms with van der Waals surface area (Å²) in [5.41, 5.74) is 4.26. The van der Waals surface area contributed by atoms with Gasteiger partial charge in [-0.3, -0.25) is 32.5 Å². The molecule has 3 rings (SSSR count). The Hall–Kier alpha value is -2.48. The number of thioether (sulfide) groups is 1. The van der Waals surface area contributed by atoms with Crippen LogP contribution in [0, 0.1) is 5.41 Å². The molecule has 1 saturated heterocycles. The van der Waals surface area contributed by atoms with Crippen LogP contribution in [0.15, 0.2) is 12.7 Å². The van der Waals surface area contributed by atoms with Gasteiger partial charge in [-0.05, 0) is 6.42 Å². The number of fused-ring (bicyclic) bond motifs is 1. The molecule has 2 aromatic rings. The molecule has 11 N–H and O–H groups in total. The second kappa shape index (κ2) is 32.2. The number of amides is 2. The fourth-order valence-electron chi connectivity index (χ4n) is 7.75. The monoisotopic (exact) mass is 1110 g/mol. The zero-order chi connectivity index (χ0) is 53.4. The summed E-state index contributed by atoms with van der Waals surface area (Å²) in [6.45, 7) is 2.66. The lowest BCUT2D eigenvalue weighted by Crippen LogP contribution is -2.46. The first-order chi connectivity index (χ1) is 33.9. The zero-order valence-electron chi connectivity index (χ0n) is 41.5. The van der Waals surface area contributed by atoms with Crippen LogP contribution in [0.5, 0.6) is 0 Å². The summed E-state index contributed by atoms with van der Waals surface area (Å²) >= 11 is 1.00. The van der Waals surface area contributed by atoms with Crippen LogP contribution >= 0.6 is 35.2 Å². The van der Waals surface area contributed by atoms with E-state index in [2.05, 4.69) is 41.3 Å². The predicted molar refractivity (Wildman–Crippen MR) is 267 cm³/mol. The van der Waals surface area contributed by atoms with Gasteiger partial charge in [0.2, 0.25) is 11.8 Å². The molecule has 1 aliphatic heterocycles. The van der Waals surface area contributed by atoms with Crippen LogP contribution in [-0.2, 0) is 50.7 Å². The van der Waals surface area contributed by atoms with E-state index in [9.17, 15) is 63.0 Å². The average Bonchev–Trinajstić information content (AvgIpc) is 3.86. The lowest BCUT2D eigenvalue weighted by Gasteiger charge is -2.30. The lowest BCUT2D eigenvalue weighted by atomic mass is 9.87. The van der Waals surface area contributed by atoms with Gasteiger partial charge >= 0.3 is 23.5 Å². The molecule has 1 fully saturated rings. The number of nitrogens with one attached hydrogen (secondary N) is 2. The molecule has 0 spiro atoms. The highest BCUT2D eigenvalue weighted by molar-refractivity contribution is 8.13. The van der Waals surface area contributed by atoms with Crippen LogP contribution in [0.4, 0.5) is 5.82 Å². The molecule has 8 atom stereocenters. The SMILES string of the molecule is CCCCCCCCCCCCCCCCCCC[C@@H](O)CC(=O)SCCNC(=O)CCNC(=O)[C@H](O)C(C)(C)COP(=O)(O)OP(=O)(O)OC[C@H]1O[C@@H](n2cnc3c(N)ncnc32)[C@H](O)[C@@H]1OP(=O)(O)O. The number of hydrogen-bond acceptors (Lipinski definition) is 19. The van der Waals surface area contributed by atoms with Crippen molar-refractivity contribution in [1.82, 2.24) is 30.2 Å². The van der Waals surface area contributed by atoms with Crippen molar-refractivity contribution in [2.45, 2.75) is 186 Å². The average molecular weight is 1110 g/mol. The summed E-state index contributed by atoms with van der Waals surface area (Å²) in [6, 6.07) is 0. The van der Waals surface area contributed by atoms with Gasteiger partial charge in [-0.1, -0.05) is 142 Å². The molecule has 2 aromatic heterocycles. The molecule has 0 saturated carbocycles. The number of anilines is 1. The van der Waals surface area contributed by atoms with Crippen LogP contribution in [0.3, 0.4) is 0 Å². The number of aliphatic hydroxyl groups excluding tert-OH is 3. The highest BCUT2D eigenvalue weighted by Crippen LogP contribution is 2.61. The van der Waals surface area contributed by atoms with Crippen molar-refractivity contribution in [3.05, 3.63) is 12.7 Å². The molecular formula is C43H78N7O18P3S. The van der Waals surface area contributed by atoms with E-state index in [-0.39, 0.29) is 53.8 Å². The maximum Gasteiger partial charge on any atom is 0.481 e. The molecule has 0 radical (unpaired) electrons. The third-order valence-corrected chi connectivity index (χ3v) is 15.8. The first-order valence-corrected chi connectivity index (χ1v) is 30.2. The highest BCUT2D eigenvalue weighted by atomic mass is 32.2.